The number of carbonyl (C=O) groups is 3. The number of carbonyl (C=O) groups excluding carboxylic acids is 3. The lowest BCUT2D eigenvalue weighted by Gasteiger charge is -2.37. The molecule has 204 valence electrons. The van der Waals surface area contributed by atoms with Gasteiger partial charge in [0.25, 0.3) is 0 Å². The zero-order valence-corrected chi connectivity index (χ0v) is 23.5. The zero-order chi connectivity index (χ0) is 26.9. The molecule has 36 heavy (non-hydrogen) atoms. The maximum Gasteiger partial charge on any atom is 0.242 e. The Bertz CT molecular complexity index is 794. The van der Waals surface area contributed by atoms with Crippen LogP contribution in [0.25, 0.3) is 0 Å². The van der Waals surface area contributed by atoms with Gasteiger partial charge >= 0.3 is 0 Å². The van der Waals surface area contributed by atoms with E-state index in [2.05, 4.69) is 47.1 Å². The molecule has 3 amide bonds. The van der Waals surface area contributed by atoms with Gasteiger partial charge in [-0.3, -0.25) is 14.4 Å². The number of benzene rings is 1. The average molecular weight is 522 g/mol. The largest absolute Gasteiger partial charge is 0.357 e. The monoisotopic (exact) mass is 521 g/mol. The van der Waals surface area contributed by atoms with Crippen molar-refractivity contribution in [2.75, 3.05) is 25.1 Å². The minimum Gasteiger partial charge on any atom is -0.357 e. The maximum atomic E-state index is 13.0. The van der Waals surface area contributed by atoms with Gasteiger partial charge in [0.2, 0.25) is 18.2 Å². The fourth-order valence-electron chi connectivity index (χ4n) is 4.18. The molecule has 8 nitrogen and oxygen atoms in total. The summed E-state index contributed by atoms with van der Waals surface area (Å²) in [5.74, 6) is 1.99. The quantitative estimate of drug-likeness (QED) is 0.410. The van der Waals surface area contributed by atoms with Gasteiger partial charge in [-0.15, -0.1) is 0 Å². The van der Waals surface area contributed by atoms with Crippen LogP contribution in [0.15, 0.2) is 24.3 Å². The van der Waals surface area contributed by atoms with Crippen LogP contribution in [0, 0.1) is 0 Å². The second kappa shape index (κ2) is 18.2. The van der Waals surface area contributed by atoms with Gasteiger partial charge < -0.3 is 26.6 Å². The van der Waals surface area contributed by atoms with Gasteiger partial charge in [-0.1, -0.05) is 57.9 Å². The summed E-state index contributed by atoms with van der Waals surface area (Å²) >= 11 is 1.83. The molecule has 1 saturated heterocycles. The van der Waals surface area contributed by atoms with Crippen LogP contribution < -0.4 is 21.7 Å². The first-order valence-corrected chi connectivity index (χ1v) is 14.4. The highest BCUT2D eigenvalue weighted by Crippen LogP contribution is 2.24. The van der Waals surface area contributed by atoms with Crippen molar-refractivity contribution in [1.82, 2.24) is 20.9 Å². The Balaban J connectivity index is 0.000000396. The van der Waals surface area contributed by atoms with Gasteiger partial charge in [0.1, 0.15) is 6.04 Å². The molecule has 1 fully saturated rings. The molecule has 5 N–H and O–H groups in total. The summed E-state index contributed by atoms with van der Waals surface area (Å²) in [5.41, 5.74) is 8.69. The number of unbranched alkanes of at least 4 members (excludes halogenated alkanes) is 1. The van der Waals surface area contributed by atoms with E-state index in [0.717, 1.165) is 50.3 Å². The Morgan fingerprint density at radius 2 is 1.97 bits per heavy atom. The highest BCUT2D eigenvalue weighted by molar-refractivity contribution is 7.99. The molecule has 0 aliphatic carbocycles. The number of nitrogens with one attached hydrogen (secondary N) is 3. The standard InChI is InChI=1S/C17H25N3OS.C8H16N2O2.C2H6/c1-12-8-13-4-2-3-5-14(13)10-20(12)17(21)16-11-22-7-6-15(18)9-19-16;1-3-4-5-7(10-6-11)8(12)9-2;1-2/h2-5,12,15-16,19H,6-11,18H2,1H3;6-7H,3-5H2,1-2H3,(H,9,12)(H,10,11);1-2H3/t12?,15-,16-;7-;/m00./s1. The van der Waals surface area contributed by atoms with E-state index >= 15 is 0 Å². The molecule has 1 aromatic rings. The molecule has 0 spiro atoms. The fraction of sp³-hybridized carbons (Fsp3) is 0.667. The molecule has 2 aliphatic rings. The number of fused-ring (bicyclic) bond motifs is 1. The molecule has 0 saturated carbocycles. The van der Waals surface area contributed by atoms with E-state index in [1.807, 2.05) is 37.4 Å². The second-order valence-corrected chi connectivity index (χ2v) is 10.1. The SMILES string of the molecule is CC.CC1Cc2ccccc2CN1C(=O)[C@@H]1CSCC[C@H](N)CN1.CCCC[C@H](NC=O)C(=O)NC. The molecule has 3 rings (SSSR count). The van der Waals surface area contributed by atoms with E-state index in [1.165, 1.54) is 11.1 Å². The Morgan fingerprint density at radius 3 is 2.61 bits per heavy atom. The molecule has 1 aromatic carbocycles. The predicted molar refractivity (Wildman–Crippen MR) is 150 cm³/mol. The first-order chi connectivity index (χ1) is 17.4. The van der Waals surface area contributed by atoms with E-state index in [1.54, 1.807) is 7.05 Å². The number of nitrogens with zero attached hydrogens (tertiary/aromatic N) is 1. The van der Waals surface area contributed by atoms with Crippen molar-refractivity contribution in [3.8, 4) is 0 Å². The normalized spacial score (nSPS) is 22.1. The summed E-state index contributed by atoms with van der Waals surface area (Å²) in [4.78, 5) is 36.2. The topological polar surface area (TPSA) is 117 Å². The van der Waals surface area contributed by atoms with Crippen molar-refractivity contribution >= 4 is 30.0 Å². The summed E-state index contributed by atoms with van der Waals surface area (Å²) in [6.45, 7) is 9.65. The van der Waals surface area contributed by atoms with Gasteiger partial charge in [0.15, 0.2) is 0 Å². The highest BCUT2D eigenvalue weighted by atomic mass is 32.2. The Hall–Kier alpha value is -2.10. The smallest absolute Gasteiger partial charge is 0.242 e. The minimum absolute atomic E-state index is 0.107. The number of thioether (sulfide) groups is 1. The lowest BCUT2D eigenvalue weighted by molar-refractivity contribution is -0.136. The first kappa shape index (κ1) is 31.9. The van der Waals surface area contributed by atoms with Gasteiger partial charge in [0.05, 0.1) is 6.04 Å². The average Bonchev–Trinajstić information content (AvgIpc) is 2.89. The number of rotatable bonds is 7. The van der Waals surface area contributed by atoms with E-state index in [-0.39, 0.29) is 36.0 Å². The lowest BCUT2D eigenvalue weighted by atomic mass is 9.94. The van der Waals surface area contributed by atoms with E-state index in [0.29, 0.717) is 12.8 Å². The zero-order valence-electron chi connectivity index (χ0n) is 22.7. The van der Waals surface area contributed by atoms with Crippen molar-refractivity contribution in [3.63, 3.8) is 0 Å². The third-order valence-corrected chi connectivity index (χ3v) is 7.40. The summed E-state index contributed by atoms with van der Waals surface area (Å²) in [6.07, 6.45) is 5.20. The fourth-order valence-corrected chi connectivity index (χ4v) is 5.31. The summed E-state index contributed by atoms with van der Waals surface area (Å²) in [5, 5.41) is 8.35. The third-order valence-electron chi connectivity index (χ3n) is 6.31. The van der Waals surface area contributed by atoms with Crippen LogP contribution in [0.2, 0.25) is 0 Å². The minimum atomic E-state index is -0.368. The van der Waals surface area contributed by atoms with Crippen LogP contribution >= 0.6 is 11.8 Å². The molecule has 1 unspecified atom stereocenters. The summed E-state index contributed by atoms with van der Waals surface area (Å²) in [6, 6.07) is 8.39. The number of amides is 3. The molecule has 2 heterocycles. The van der Waals surface area contributed by atoms with Crippen molar-refractivity contribution in [2.45, 2.75) is 90.5 Å². The summed E-state index contributed by atoms with van der Waals surface area (Å²) in [7, 11) is 1.56. The lowest BCUT2D eigenvalue weighted by Crippen LogP contribution is -2.54. The number of likely N-dealkylation sites (N-methyl/N-ethyl adjacent to an activating group) is 1. The van der Waals surface area contributed by atoms with Crippen LogP contribution in [0.4, 0.5) is 0 Å². The highest BCUT2D eigenvalue weighted by Gasteiger charge is 2.31. The van der Waals surface area contributed by atoms with Crippen LogP contribution in [0.5, 0.6) is 0 Å². The number of nitrogens with two attached hydrogens (primary N) is 1. The molecule has 2 aliphatic heterocycles. The molecule has 0 bridgehead atoms. The van der Waals surface area contributed by atoms with Crippen molar-refractivity contribution in [3.05, 3.63) is 35.4 Å². The number of hydrogen-bond donors (Lipinski definition) is 4. The molecule has 0 aromatic heterocycles. The Kier molecular flexibility index (Phi) is 16.1. The van der Waals surface area contributed by atoms with Gasteiger partial charge in [0, 0.05) is 38.0 Å². The van der Waals surface area contributed by atoms with Gasteiger partial charge in [-0.2, -0.15) is 11.8 Å². The van der Waals surface area contributed by atoms with Crippen LogP contribution in [0.1, 0.15) is 64.5 Å². The van der Waals surface area contributed by atoms with Crippen molar-refractivity contribution < 1.29 is 14.4 Å². The predicted octanol–water partition coefficient (Wildman–Crippen LogP) is 2.45. The van der Waals surface area contributed by atoms with Crippen LogP contribution in [-0.4, -0.2) is 72.4 Å². The summed E-state index contributed by atoms with van der Waals surface area (Å²) < 4.78 is 0. The van der Waals surface area contributed by atoms with E-state index in [4.69, 9.17) is 5.73 Å². The molecular weight excluding hydrogens is 474 g/mol. The molecule has 4 atom stereocenters. The second-order valence-electron chi connectivity index (χ2n) is 8.97. The van der Waals surface area contributed by atoms with E-state index in [9.17, 15) is 14.4 Å². The van der Waals surface area contributed by atoms with Gasteiger partial charge in [-0.05, 0) is 43.1 Å². The van der Waals surface area contributed by atoms with Crippen LogP contribution in [-0.2, 0) is 27.3 Å². The van der Waals surface area contributed by atoms with Crippen LogP contribution in [0.3, 0.4) is 0 Å². The van der Waals surface area contributed by atoms with E-state index < -0.39 is 0 Å². The third kappa shape index (κ3) is 10.5. The molecular formula is C27H47N5O3S. The number of hydrogen-bond acceptors (Lipinski definition) is 6. The Morgan fingerprint density at radius 1 is 1.28 bits per heavy atom. The maximum absolute atomic E-state index is 13.0. The van der Waals surface area contributed by atoms with Crippen molar-refractivity contribution in [1.29, 1.82) is 0 Å². The van der Waals surface area contributed by atoms with Crippen molar-refractivity contribution in [2.24, 2.45) is 5.73 Å². The first-order valence-electron chi connectivity index (χ1n) is 13.3. The molecule has 9 heteroatoms. The molecule has 0 radical (unpaired) electrons. The Labute approximate surface area is 221 Å². The van der Waals surface area contributed by atoms with Gasteiger partial charge in [-0.25, -0.2) is 0 Å².